The second kappa shape index (κ2) is 7.38. The molecule has 0 amide bonds. The first-order valence-electron chi connectivity index (χ1n) is 3.63. The lowest BCUT2D eigenvalue weighted by Gasteiger charge is -2.09. The van der Waals surface area contributed by atoms with Crippen LogP contribution < -0.4 is 5.73 Å². The smallest absolute Gasteiger partial charge is 0.0625 e. The Balaban J connectivity index is 2.97. The van der Waals surface area contributed by atoms with Crippen molar-refractivity contribution in [1.29, 1.82) is 0 Å². The van der Waals surface area contributed by atoms with Gasteiger partial charge in [-0.1, -0.05) is 6.92 Å². The van der Waals surface area contributed by atoms with E-state index in [9.17, 15) is 0 Å². The molecule has 0 aliphatic rings. The molecule has 0 rings (SSSR count). The van der Waals surface area contributed by atoms with E-state index >= 15 is 0 Å². The summed E-state index contributed by atoms with van der Waals surface area (Å²) >= 11 is 1.76. The highest BCUT2D eigenvalue weighted by Crippen LogP contribution is 1.95. The lowest BCUT2D eigenvalue weighted by atomic mass is 10.4. The minimum Gasteiger partial charge on any atom is -0.380 e. The quantitative estimate of drug-likeness (QED) is 0.596. The molecule has 3 heteroatoms. The molecule has 0 saturated carbocycles. The van der Waals surface area contributed by atoms with Crippen LogP contribution in [0.5, 0.6) is 0 Å². The Morgan fingerprint density at radius 3 is 2.80 bits per heavy atom. The standard InChI is InChI=1S/C7H17NOS/c1-3-4-9-5-7(8)6-10-2/h7H,3-6,8H2,1-2H3. The summed E-state index contributed by atoms with van der Waals surface area (Å²) in [6.45, 7) is 3.64. The highest BCUT2D eigenvalue weighted by Gasteiger charge is 1.99. The number of hydrogen-bond donors (Lipinski definition) is 1. The van der Waals surface area contributed by atoms with E-state index in [2.05, 4.69) is 13.2 Å². The molecule has 0 aromatic rings. The maximum absolute atomic E-state index is 5.68. The first-order valence-corrected chi connectivity index (χ1v) is 5.03. The van der Waals surface area contributed by atoms with Gasteiger partial charge in [0.2, 0.25) is 0 Å². The predicted octanol–water partition coefficient (Wildman–Crippen LogP) is 1.10. The van der Waals surface area contributed by atoms with Gasteiger partial charge in [-0.2, -0.15) is 11.8 Å². The summed E-state index contributed by atoms with van der Waals surface area (Å²) in [5.74, 6) is 0.990. The molecule has 10 heavy (non-hydrogen) atoms. The Labute approximate surface area is 67.5 Å². The first-order chi connectivity index (χ1) is 4.81. The number of nitrogens with two attached hydrogens (primary N) is 1. The Kier molecular flexibility index (Phi) is 7.58. The largest absolute Gasteiger partial charge is 0.380 e. The third kappa shape index (κ3) is 6.39. The topological polar surface area (TPSA) is 35.2 Å². The molecule has 2 N–H and O–H groups in total. The summed E-state index contributed by atoms with van der Waals surface area (Å²) < 4.78 is 5.26. The van der Waals surface area contributed by atoms with Crippen molar-refractivity contribution in [2.75, 3.05) is 25.2 Å². The molecular formula is C7H17NOS. The van der Waals surface area contributed by atoms with Gasteiger partial charge in [0.1, 0.15) is 0 Å². The maximum atomic E-state index is 5.68. The van der Waals surface area contributed by atoms with Gasteiger partial charge in [-0.05, 0) is 12.7 Å². The van der Waals surface area contributed by atoms with Gasteiger partial charge in [-0.25, -0.2) is 0 Å². The van der Waals surface area contributed by atoms with Crippen molar-refractivity contribution in [2.24, 2.45) is 5.73 Å². The van der Waals surface area contributed by atoms with Gasteiger partial charge in [0, 0.05) is 18.4 Å². The van der Waals surface area contributed by atoms with E-state index in [1.807, 2.05) is 0 Å². The van der Waals surface area contributed by atoms with Crippen molar-refractivity contribution in [3.8, 4) is 0 Å². The average Bonchev–Trinajstić information content (AvgIpc) is 1.89. The van der Waals surface area contributed by atoms with E-state index in [1.165, 1.54) is 0 Å². The van der Waals surface area contributed by atoms with Crippen molar-refractivity contribution < 1.29 is 4.74 Å². The SMILES string of the molecule is CCCOCC(N)CSC. The van der Waals surface area contributed by atoms with E-state index in [0.29, 0.717) is 6.61 Å². The number of thioether (sulfide) groups is 1. The summed E-state index contributed by atoms with van der Waals surface area (Å²) in [6, 6.07) is 0.210. The van der Waals surface area contributed by atoms with Gasteiger partial charge in [-0.15, -0.1) is 0 Å². The second-order valence-corrected chi connectivity index (χ2v) is 3.20. The number of hydrogen-bond acceptors (Lipinski definition) is 3. The van der Waals surface area contributed by atoms with E-state index in [-0.39, 0.29) is 6.04 Å². The maximum Gasteiger partial charge on any atom is 0.0625 e. The van der Waals surface area contributed by atoms with Gasteiger partial charge in [0.05, 0.1) is 6.61 Å². The lowest BCUT2D eigenvalue weighted by Crippen LogP contribution is -2.28. The molecule has 2 nitrogen and oxygen atoms in total. The highest BCUT2D eigenvalue weighted by molar-refractivity contribution is 7.98. The molecule has 62 valence electrons. The van der Waals surface area contributed by atoms with Crippen molar-refractivity contribution in [1.82, 2.24) is 0 Å². The molecule has 0 heterocycles. The van der Waals surface area contributed by atoms with Crippen LogP contribution in [-0.2, 0) is 4.74 Å². The molecular weight excluding hydrogens is 146 g/mol. The van der Waals surface area contributed by atoms with Crippen LogP contribution in [0.4, 0.5) is 0 Å². The van der Waals surface area contributed by atoms with E-state index in [1.54, 1.807) is 11.8 Å². The van der Waals surface area contributed by atoms with E-state index in [0.717, 1.165) is 18.8 Å². The Bertz CT molecular complexity index is 70.6. The highest BCUT2D eigenvalue weighted by atomic mass is 32.2. The fraction of sp³-hybridized carbons (Fsp3) is 1.00. The molecule has 0 radical (unpaired) electrons. The molecule has 0 spiro atoms. The second-order valence-electron chi connectivity index (χ2n) is 2.29. The average molecular weight is 163 g/mol. The molecule has 0 saturated heterocycles. The lowest BCUT2D eigenvalue weighted by molar-refractivity contribution is 0.126. The zero-order valence-electron chi connectivity index (χ0n) is 6.80. The van der Waals surface area contributed by atoms with Crippen LogP contribution in [-0.4, -0.2) is 31.3 Å². The fourth-order valence-corrected chi connectivity index (χ4v) is 1.17. The molecule has 1 atom stereocenters. The monoisotopic (exact) mass is 163 g/mol. The summed E-state index contributed by atoms with van der Waals surface area (Å²) in [5, 5.41) is 0. The molecule has 0 aromatic carbocycles. The summed E-state index contributed by atoms with van der Waals surface area (Å²) in [4.78, 5) is 0. The van der Waals surface area contributed by atoms with E-state index < -0.39 is 0 Å². The molecule has 0 aromatic heterocycles. The number of rotatable bonds is 6. The zero-order chi connectivity index (χ0) is 7.82. The van der Waals surface area contributed by atoms with Crippen molar-refractivity contribution >= 4 is 11.8 Å². The van der Waals surface area contributed by atoms with Gasteiger partial charge in [-0.3, -0.25) is 0 Å². The van der Waals surface area contributed by atoms with Crippen LogP contribution in [0.25, 0.3) is 0 Å². The molecule has 1 unspecified atom stereocenters. The third-order valence-corrected chi connectivity index (χ3v) is 1.82. The molecule has 0 fully saturated rings. The Morgan fingerprint density at radius 1 is 1.60 bits per heavy atom. The Hall–Kier alpha value is 0.270. The first kappa shape index (κ1) is 10.3. The zero-order valence-corrected chi connectivity index (χ0v) is 7.62. The van der Waals surface area contributed by atoms with Gasteiger partial charge in [0.15, 0.2) is 0 Å². The van der Waals surface area contributed by atoms with Gasteiger partial charge in [0.25, 0.3) is 0 Å². The van der Waals surface area contributed by atoms with Crippen LogP contribution in [0.15, 0.2) is 0 Å². The minimum atomic E-state index is 0.210. The Morgan fingerprint density at radius 2 is 2.30 bits per heavy atom. The van der Waals surface area contributed by atoms with Crippen LogP contribution in [0.3, 0.4) is 0 Å². The third-order valence-electron chi connectivity index (χ3n) is 1.06. The van der Waals surface area contributed by atoms with Crippen LogP contribution in [0.2, 0.25) is 0 Å². The number of ether oxygens (including phenoxy) is 1. The van der Waals surface area contributed by atoms with Crippen molar-refractivity contribution in [3.05, 3.63) is 0 Å². The normalized spacial score (nSPS) is 13.5. The fourth-order valence-electron chi connectivity index (χ4n) is 0.641. The van der Waals surface area contributed by atoms with Crippen LogP contribution in [0, 0.1) is 0 Å². The predicted molar refractivity (Wildman–Crippen MR) is 47.5 cm³/mol. The molecule has 0 aliphatic heterocycles. The van der Waals surface area contributed by atoms with Gasteiger partial charge >= 0.3 is 0 Å². The summed E-state index contributed by atoms with van der Waals surface area (Å²) in [6.07, 6.45) is 3.13. The summed E-state index contributed by atoms with van der Waals surface area (Å²) in [7, 11) is 0. The van der Waals surface area contributed by atoms with Crippen molar-refractivity contribution in [3.63, 3.8) is 0 Å². The summed E-state index contributed by atoms with van der Waals surface area (Å²) in [5.41, 5.74) is 5.68. The van der Waals surface area contributed by atoms with Gasteiger partial charge < -0.3 is 10.5 Å². The van der Waals surface area contributed by atoms with Crippen LogP contribution in [0.1, 0.15) is 13.3 Å². The molecule has 0 aliphatic carbocycles. The molecule has 0 bridgehead atoms. The van der Waals surface area contributed by atoms with Crippen LogP contribution >= 0.6 is 11.8 Å². The van der Waals surface area contributed by atoms with Crippen molar-refractivity contribution in [2.45, 2.75) is 19.4 Å². The van der Waals surface area contributed by atoms with E-state index in [4.69, 9.17) is 10.5 Å². The minimum absolute atomic E-state index is 0.210.